The molecule has 13 heteroatoms. The highest BCUT2D eigenvalue weighted by atomic mass is 16.2. The highest BCUT2D eigenvalue weighted by molar-refractivity contribution is 6.05. The van der Waals surface area contributed by atoms with Crippen molar-refractivity contribution in [2.24, 2.45) is 5.92 Å². The summed E-state index contributed by atoms with van der Waals surface area (Å²) in [5.74, 6) is -1.53. The maximum atomic E-state index is 13.4. The van der Waals surface area contributed by atoms with Crippen molar-refractivity contribution in [1.29, 1.82) is 0 Å². The van der Waals surface area contributed by atoms with Crippen LogP contribution in [0.3, 0.4) is 0 Å². The van der Waals surface area contributed by atoms with E-state index in [1.807, 2.05) is 44.2 Å². The van der Waals surface area contributed by atoms with Crippen LogP contribution in [0.1, 0.15) is 37.2 Å². The minimum atomic E-state index is -0.857. The second-order valence-corrected chi connectivity index (χ2v) is 9.73. The van der Waals surface area contributed by atoms with Gasteiger partial charge in [-0.15, -0.1) is 10.2 Å². The Morgan fingerprint density at radius 1 is 1.12 bits per heavy atom. The zero-order chi connectivity index (χ0) is 28.6. The minimum Gasteiger partial charge on any atom is -0.399 e. The van der Waals surface area contributed by atoms with Crippen LogP contribution in [0.25, 0.3) is 0 Å². The Kier molecular flexibility index (Phi) is 9.04. The Morgan fingerprint density at radius 3 is 2.60 bits per heavy atom. The SMILES string of the molecule is CCC(C)C(NC(=O)Cc1ccccc1)C(=O)NCC(=O)N1c2ccc(N)cc2C[C@H]1C(=O)NCc1nn[nH]n1. The smallest absolute Gasteiger partial charge is 0.247 e. The van der Waals surface area contributed by atoms with Gasteiger partial charge in [0.25, 0.3) is 0 Å². The first-order chi connectivity index (χ1) is 19.3. The second-order valence-electron chi connectivity index (χ2n) is 9.73. The van der Waals surface area contributed by atoms with Gasteiger partial charge in [-0.05, 0) is 35.2 Å². The number of aromatic nitrogens is 4. The van der Waals surface area contributed by atoms with Crippen LogP contribution in [-0.2, 0) is 38.6 Å². The first-order valence-electron chi connectivity index (χ1n) is 13.1. The van der Waals surface area contributed by atoms with Crippen LogP contribution in [0, 0.1) is 5.92 Å². The zero-order valence-corrected chi connectivity index (χ0v) is 22.4. The molecule has 0 saturated carbocycles. The lowest BCUT2D eigenvalue weighted by molar-refractivity contribution is -0.131. The van der Waals surface area contributed by atoms with Crippen LogP contribution < -0.4 is 26.6 Å². The molecule has 0 spiro atoms. The number of hydrogen-bond acceptors (Lipinski definition) is 8. The van der Waals surface area contributed by atoms with Crippen LogP contribution >= 0.6 is 0 Å². The van der Waals surface area contributed by atoms with Crippen molar-refractivity contribution in [2.45, 2.75) is 51.7 Å². The lowest BCUT2D eigenvalue weighted by Gasteiger charge is -2.27. The van der Waals surface area contributed by atoms with E-state index in [9.17, 15) is 19.2 Å². The molecule has 2 unspecified atom stereocenters. The molecule has 3 aromatic rings. The number of nitrogens with one attached hydrogen (secondary N) is 4. The highest BCUT2D eigenvalue weighted by Crippen LogP contribution is 2.34. The quantitative estimate of drug-likeness (QED) is 0.211. The Balaban J connectivity index is 1.43. The summed E-state index contributed by atoms with van der Waals surface area (Å²) in [6.07, 6.45) is 1.03. The summed E-state index contributed by atoms with van der Waals surface area (Å²) in [6, 6.07) is 12.6. The number of amides is 4. The number of nitrogens with two attached hydrogens (primary N) is 1. The van der Waals surface area contributed by atoms with E-state index in [1.165, 1.54) is 4.90 Å². The van der Waals surface area contributed by atoms with E-state index < -0.39 is 29.8 Å². The molecule has 2 heterocycles. The van der Waals surface area contributed by atoms with Gasteiger partial charge in [0.05, 0.1) is 19.5 Å². The van der Waals surface area contributed by atoms with E-state index in [1.54, 1.807) is 18.2 Å². The number of nitrogen functional groups attached to an aromatic ring is 1. The van der Waals surface area contributed by atoms with Gasteiger partial charge in [-0.2, -0.15) is 5.21 Å². The number of rotatable bonds is 11. The fourth-order valence-corrected chi connectivity index (χ4v) is 4.60. The van der Waals surface area contributed by atoms with E-state index in [0.717, 1.165) is 11.1 Å². The van der Waals surface area contributed by atoms with Gasteiger partial charge in [-0.25, -0.2) is 0 Å². The molecular weight excluding hydrogens is 514 g/mol. The third kappa shape index (κ3) is 6.79. The van der Waals surface area contributed by atoms with Crippen molar-refractivity contribution in [2.75, 3.05) is 17.2 Å². The molecule has 4 rings (SSSR count). The maximum absolute atomic E-state index is 13.4. The predicted octanol–water partition coefficient (Wildman–Crippen LogP) is 0.246. The van der Waals surface area contributed by atoms with Crippen molar-refractivity contribution in [3.63, 3.8) is 0 Å². The molecule has 0 fully saturated rings. The molecule has 0 saturated heterocycles. The van der Waals surface area contributed by atoms with Gasteiger partial charge < -0.3 is 21.7 Å². The average Bonchev–Trinajstić information content (AvgIpc) is 3.61. The van der Waals surface area contributed by atoms with Crippen molar-refractivity contribution in [3.8, 4) is 0 Å². The molecule has 0 bridgehead atoms. The standard InChI is InChI=1S/C27H33N9O4/c1-3-16(2)25(31-23(37)11-17-7-5-4-6-8-17)27(40)30-15-24(38)36-20-10-9-19(28)12-18(20)13-21(36)26(39)29-14-22-32-34-35-33-22/h4-10,12,16,21,25H,3,11,13-15,28H2,1-2H3,(H,29,39)(H,30,40)(H,31,37)(H,32,33,34,35)/t16?,21-,25?/m0/s1. The van der Waals surface area contributed by atoms with Crippen molar-refractivity contribution < 1.29 is 19.2 Å². The molecule has 4 amide bonds. The van der Waals surface area contributed by atoms with Crippen LogP contribution in [-0.4, -0.2) is 62.9 Å². The zero-order valence-electron chi connectivity index (χ0n) is 22.4. The van der Waals surface area contributed by atoms with E-state index in [2.05, 4.69) is 36.6 Å². The molecule has 0 radical (unpaired) electrons. The van der Waals surface area contributed by atoms with Gasteiger partial charge in [-0.1, -0.05) is 55.8 Å². The normalized spacial score (nSPS) is 15.6. The largest absolute Gasteiger partial charge is 0.399 e. The summed E-state index contributed by atoms with van der Waals surface area (Å²) in [5, 5.41) is 21.6. The first kappa shape index (κ1) is 28.2. The molecule has 210 valence electrons. The fourth-order valence-electron chi connectivity index (χ4n) is 4.60. The number of nitrogens with zero attached hydrogens (tertiary/aromatic N) is 4. The van der Waals surface area contributed by atoms with Crippen LogP contribution in [0.4, 0.5) is 11.4 Å². The Labute approximate surface area is 231 Å². The molecule has 13 nitrogen and oxygen atoms in total. The third-order valence-corrected chi connectivity index (χ3v) is 6.90. The molecule has 6 N–H and O–H groups in total. The number of aromatic amines is 1. The summed E-state index contributed by atoms with van der Waals surface area (Å²) in [4.78, 5) is 53.8. The van der Waals surface area contributed by atoms with Gasteiger partial charge in [0.1, 0.15) is 12.1 Å². The lowest BCUT2D eigenvalue weighted by atomic mass is 9.98. The third-order valence-electron chi connectivity index (χ3n) is 6.90. The van der Waals surface area contributed by atoms with Gasteiger partial charge in [0.15, 0.2) is 5.82 Å². The van der Waals surface area contributed by atoms with Crippen LogP contribution in [0.5, 0.6) is 0 Å². The summed E-state index contributed by atoms with van der Waals surface area (Å²) in [7, 11) is 0. The number of anilines is 2. The highest BCUT2D eigenvalue weighted by Gasteiger charge is 2.38. The molecular formula is C27H33N9O4. The number of carbonyl (C=O) groups excluding carboxylic acids is 4. The topological polar surface area (TPSA) is 188 Å². The molecule has 40 heavy (non-hydrogen) atoms. The van der Waals surface area contributed by atoms with E-state index in [-0.39, 0.29) is 37.8 Å². The Hall–Kier alpha value is -4.81. The molecule has 0 aliphatic carbocycles. The van der Waals surface area contributed by atoms with E-state index in [0.29, 0.717) is 23.6 Å². The summed E-state index contributed by atoms with van der Waals surface area (Å²) >= 11 is 0. The van der Waals surface area contributed by atoms with Crippen LogP contribution in [0.2, 0.25) is 0 Å². The molecule has 1 aliphatic rings. The lowest BCUT2D eigenvalue weighted by Crippen LogP contribution is -2.54. The Morgan fingerprint density at radius 2 is 1.90 bits per heavy atom. The van der Waals surface area contributed by atoms with Gasteiger partial charge in [0, 0.05) is 17.8 Å². The molecule has 2 aromatic carbocycles. The fraction of sp³-hybridized carbons (Fsp3) is 0.370. The summed E-state index contributed by atoms with van der Waals surface area (Å²) < 4.78 is 0. The number of H-pyrrole nitrogens is 1. The minimum absolute atomic E-state index is 0.0301. The van der Waals surface area contributed by atoms with Gasteiger partial charge in [0.2, 0.25) is 23.6 Å². The first-order valence-corrected chi connectivity index (χ1v) is 13.1. The summed E-state index contributed by atoms with van der Waals surface area (Å²) in [5.41, 5.74) is 8.56. The maximum Gasteiger partial charge on any atom is 0.247 e. The monoisotopic (exact) mass is 547 g/mol. The van der Waals surface area contributed by atoms with E-state index >= 15 is 0 Å². The molecule has 1 aliphatic heterocycles. The molecule has 1 aromatic heterocycles. The average molecular weight is 548 g/mol. The summed E-state index contributed by atoms with van der Waals surface area (Å²) in [6.45, 7) is 3.45. The van der Waals surface area contributed by atoms with Gasteiger partial charge in [-0.3, -0.25) is 24.1 Å². The van der Waals surface area contributed by atoms with Crippen LogP contribution in [0.15, 0.2) is 48.5 Å². The van der Waals surface area contributed by atoms with Crippen molar-refractivity contribution in [1.82, 2.24) is 36.6 Å². The number of carbonyl (C=O) groups is 4. The second kappa shape index (κ2) is 12.8. The van der Waals surface area contributed by atoms with Gasteiger partial charge >= 0.3 is 0 Å². The molecule has 3 atom stereocenters. The number of fused-ring (bicyclic) bond motifs is 1. The number of benzene rings is 2. The number of hydrogen-bond donors (Lipinski definition) is 5. The van der Waals surface area contributed by atoms with Crippen molar-refractivity contribution >= 4 is 35.0 Å². The predicted molar refractivity (Wildman–Crippen MR) is 146 cm³/mol. The number of tetrazole rings is 1. The Bertz CT molecular complexity index is 1350. The van der Waals surface area contributed by atoms with E-state index in [4.69, 9.17) is 5.73 Å². The van der Waals surface area contributed by atoms with Crippen molar-refractivity contribution in [3.05, 3.63) is 65.5 Å².